The smallest absolute Gasteiger partial charge is 0.163 e. The largest absolute Gasteiger partial charge is 0.253 e. The molecule has 0 saturated carbocycles. The number of rotatable bonds is 1. The molecule has 0 spiro atoms. The first-order valence-electron chi connectivity index (χ1n) is 6.12. The van der Waals surface area contributed by atoms with E-state index in [4.69, 9.17) is 23.2 Å². The van der Waals surface area contributed by atoms with E-state index >= 15 is 0 Å². The number of hydrogen-bond donors (Lipinski definition) is 0. The quantitative estimate of drug-likeness (QED) is 0.616. The molecular formula is C15H11Cl2N3. The van der Waals surface area contributed by atoms with Crippen molar-refractivity contribution in [3.8, 4) is 11.4 Å². The van der Waals surface area contributed by atoms with Crippen LogP contribution in [0.1, 0.15) is 11.3 Å². The Hall–Kier alpha value is -1.71. The van der Waals surface area contributed by atoms with Gasteiger partial charge in [-0.05, 0) is 26.0 Å². The molecule has 0 unspecified atom stereocenters. The van der Waals surface area contributed by atoms with E-state index in [1.165, 1.54) is 0 Å². The third-order valence-electron chi connectivity index (χ3n) is 3.11. The van der Waals surface area contributed by atoms with Crippen molar-refractivity contribution in [1.82, 2.24) is 15.0 Å². The van der Waals surface area contributed by atoms with Gasteiger partial charge in [0.2, 0.25) is 0 Å². The summed E-state index contributed by atoms with van der Waals surface area (Å²) in [4.78, 5) is 13.2. The van der Waals surface area contributed by atoms with Crippen molar-refractivity contribution in [2.75, 3.05) is 0 Å². The van der Waals surface area contributed by atoms with Gasteiger partial charge in [0.25, 0.3) is 0 Å². The summed E-state index contributed by atoms with van der Waals surface area (Å²) in [5, 5.41) is 1.73. The summed E-state index contributed by atoms with van der Waals surface area (Å²) >= 11 is 12.2. The number of para-hydroxylation sites is 1. The summed E-state index contributed by atoms with van der Waals surface area (Å²) in [5.74, 6) is 0.521. The van der Waals surface area contributed by atoms with Crippen LogP contribution in [0.25, 0.3) is 22.3 Å². The van der Waals surface area contributed by atoms with Crippen LogP contribution in [0.5, 0.6) is 0 Å². The molecular weight excluding hydrogens is 293 g/mol. The Labute approximate surface area is 126 Å². The molecule has 2 aromatic heterocycles. The van der Waals surface area contributed by atoms with Gasteiger partial charge in [0.15, 0.2) is 5.82 Å². The fraction of sp³-hybridized carbons (Fsp3) is 0.133. The molecule has 2 heterocycles. The van der Waals surface area contributed by atoms with Crippen molar-refractivity contribution in [1.29, 1.82) is 0 Å². The molecule has 3 aromatic rings. The van der Waals surface area contributed by atoms with Crippen LogP contribution >= 0.6 is 23.2 Å². The molecule has 0 aliphatic rings. The third-order valence-corrected chi connectivity index (χ3v) is 3.85. The van der Waals surface area contributed by atoms with Crippen molar-refractivity contribution in [3.05, 3.63) is 51.9 Å². The predicted octanol–water partition coefficient (Wildman–Crippen LogP) is 4.62. The standard InChI is InChI=1S/C15H11Cl2N3/c1-8-7-11(10-5-3-4-6-12(10)18-8)15-19-13(16)9(2)14(17)20-15/h3-7H,1-2H3. The molecule has 0 atom stereocenters. The molecule has 0 bridgehead atoms. The number of hydrogen-bond acceptors (Lipinski definition) is 3. The second-order valence-corrected chi connectivity index (χ2v) is 5.30. The lowest BCUT2D eigenvalue weighted by molar-refractivity contribution is 1.13. The second kappa shape index (κ2) is 5.00. The Morgan fingerprint density at radius 2 is 1.55 bits per heavy atom. The van der Waals surface area contributed by atoms with Gasteiger partial charge in [-0.25, -0.2) is 9.97 Å². The minimum atomic E-state index is 0.374. The number of fused-ring (bicyclic) bond motifs is 1. The SMILES string of the molecule is Cc1cc(-c2nc(Cl)c(C)c(Cl)n2)c2ccccc2n1. The maximum atomic E-state index is 6.11. The maximum Gasteiger partial charge on any atom is 0.163 e. The first-order valence-corrected chi connectivity index (χ1v) is 6.88. The maximum absolute atomic E-state index is 6.11. The lowest BCUT2D eigenvalue weighted by Gasteiger charge is -2.08. The zero-order valence-electron chi connectivity index (χ0n) is 11.0. The lowest BCUT2D eigenvalue weighted by atomic mass is 10.1. The number of nitrogens with zero attached hydrogens (tertiary/aromatic N) is 3. The Morgan fingerprint density at radius 3 is 2.25 bits per heavy atom. The van der Waals surface area contributed by atoms with E-state index in [9.17, 15) is 0 Å². The van der Waals surface area contributed by atoms with Crippen LogP contribution in [-0.2, 0) is 0 Å². The molecule has 0 fully saturated rings. The van der Waals surface area contributed by atoms with Crippen LogP contribution in [0, 0.1) is 13.8 Å². The first-order chi connectivity index (χ1) is 9.56. The summed E-state index contributed by atoms with van der Waals surface area (Å²) in [6.45, 7) is 3.73. The number of benzene rings is 1. The monoisotopic (exact) mass is 303 g/mol. The van der Waals surface area contributed by atoms with Crippen LogP contribution in [0.15, 0.2) is 30.3 Å². The summed E-state index contributed by atoms with van der Waals surface area (Å²) in [5.41, 5.74) is 3.37. The van der Waals surface area contributed by atoms with Crippen LogP contribution < -0.4 is 0 Å². The first kappa shape index (κ1) is 13.3. The molecule has 0 aliphatic heterocycles. The number of aromatic nitrogens is 3. The van der Waals surface area contributed by atoms with Crippen molar-refractivity contribution < 1.29 is 0 Å². The van der Waals surface area contributed by atoms with Crippen LogP contribution in [-0.4, -0.2) is 15.0 Å². The minimum Gasteiger partial charge on any atom is -0.253 e. The minimum absolute atomic E-state index is 0.374. The highest BCUT2D eigenvalue weighted by Crippen LogP contribution is 2.29. The Balaban J connectivity index is 2.34. The molecule has 0 aliphatic carbocycles. The van der Waals surface area contributed by atoms with E-state index in [2.05, 4.69) is 15.0 Å². The normalized spacial score (nSPS) is 11.0. The summed E-state index contributed by atoms with van der Waals surface area (Å²) in [6.07, 6.45) is 0. The summed E-state index contributed by atoms with van der Waals surface area (Å²) in [7, 11) is 0. The van der Waals surface area contributed by atoms with E-state index in [1.807, 2.05) is 37.3 Å². The molecule has 100 valence electrons. The molecule has 0 amide bonds. The average Bonchev–Trinajstić information content (AvgIpc) is 2.43. The van der Waals surface area contributed by atoms with Gasteiger partial charge >= 0.3 is 0 Å². The average molecular weight is 304 g/mol. The van der Waals surface area contributed by atoms with Crippen LogP contribution in [0.2, 0.25) is 10.3 Å². The molecule has 5 heteroatoms. The van der Waals surface area contributed by atoms with Crippen molar-refractivity contribution in [3.63, 3.8) is 0 Å². The zero-order chi connectivity index (χ0) is 14.3. The van der Waals surface area contributed by atoms with Gasteiger partial charge in [0, 0.05) is 22.2 Å². The van der Waals surface area contributed by atoms with Gasteiger partial charge in [0.05, 0.1) is 5.52 Å². The molecule has 3 rings (SSSR count). The molecule has 1 aromatic carbocycles. The predicted molar refractivity (Wildman–Crippen MR) is 82.3 cm³/mol. The highest BCUT2D eigenvalue weighted by Gasteiger charge is 2.13. The van der Waals surface area contributed by atoms with E-state index in [1.54, 1.807) is 6.92 Å². The number of aryl methyl sites for hydroxylation is 1. The topological polar surface area (TPSA) is 38.7 Å². The second-order valence-electron chi connectivity index (χ2n) is 4.58. The van der Waals surface area contributed by atoms with E-state index < -0.39 is 0 Å². The van der Waals surface area contributed by atoms with Gasteiger partial charge in [-0.1, -0.05) is 41.4 Å². The highest BCUT2D eigenvalue weighted by atomic mass is 35.5. The number of pyridine rings is 1. The van der Waals surface area contributed by atoms with Crippen molar-refractivity contribution >= 4 is 34.1 Å². The van der Waals surface area contributed by atoms with Crippen LogP contribution in [0.3, 0.4) is 0 Å². The van der Waals surface area contributed by atoms with Crippen molar-refractivity contribution in [2.24, 2.45) is 0 Å². The fourth-order valence-corrected chi connectivity index (χ4v) is 2.46. The van der Waals surface area contributed by atoms with Gasteiger partial charge in [-0.2, -0.15) is 0 Å². The summed E-state index contributed by atoms with van der Waals surface area (Å²) in [6, 6.07) is 9.81. The molecule has 0 radical (unpaired) electrons. The molecule has 3 nitrogen and oxygen atoms in total. The van der Waals surface area contributed by atoms with E-state index in [0.717, 1.165) is 22.2 Å². The van der Waals surface area contributed by atoms with Crippen molar-refractivity contribution in [2.45, 2.75) is 13.8 Å². The Kier molecular flexibility index (Phi) is 3.32. The number of halogens is 2. The summed E-state index contributed by atoms with van der Waals surface area (Å²) < 4.78 is 0. The van der Waals surface area contributed by atoms with E-state index in [-0.39, 0.29) is 0 Å². The fourth-order valence-electron chi connectivity index (χ4n) is 2.08. The molecule has 0 N–H and O–H groups in total. The van der Waals surface area contributed by atoms with Gasteiger partial charge in [-0.15, -0.1) is 0 Å². The van der Waals surface area contributed by atoms with Gasteiger partial charge in [0.1, 0.15) is 10.3 Å². The molecule has 20 heavy (non-hydrogen) atoms. The molecule has 0 saturated heterocycles. The van der Waals surface area contributed by atoms with Gasteiger partial charge in [-0.3, -0.25) is 4.98 Å². The zero-order valence-corrected chi connectivity index (χ0v) is 12.5. The highest BCUT2D eigenvalue weighted by molar-refractivity contribution is 6.34. The van der Waals surface area contributed by atoms with Gasteiger partial charge < -0.3 is 0 Å². The van der Waals surface area contributed by atoms with E-state index in [0.29, 0.717) is 21.7 Å². The third kappa shape index (κ3) is 2.23. The Bertz CT molecular complexity index is 792. The van der Waals surface area contributed by atoms with Crippen LogP contribution in [0.4, 0.5) is 0 Å². The Morgan fingerprint density at radius 1 is 0.900 bits per heavy atom. The lowest BCUT2D eigenvalue weighted by Crippen LogP contribution is -1.96.